The van der Waals surface area contributed by atoms with E-state index in [-0.39, 0.29) is 5.91 Å². The molecular formula is C18H27N3O. The minimum absolute atomic E-state index is 0.177. The van der Waals surface area contributed by atoms with Crippen LogP contribution in [0.1, 0.15) is 31.2 Å². The lowest BCUT2D eigenvalue weighted by Gasteiger charge is -2.36. The Labute approximate surface area is 133 Å². The molecule has 0 spiro atoms. The molecule has 0 radical (unpaired) electrons. The quantitative estimate of drug-likeness (QED) is 0.872. The van der Waals surface area contributed by atoms with Crippen LogP contribution in [0.25, 0.3) is 0 Å². The van der Waals surface area contributed by atoms with E-state index in [9.17, 15) is 4.79 Å². The molecule has 3 aliphatic rings. The maximum Gasteiger partial charge on any atom is 0.217 e. The van der Waals surface area contributed by atoms with E-state index in [4.69, 9.17) is 5.73 Å². The van der Waals surface area contributed by atoms with Crippen LogP contribution in [0.3, 0.4) is 0 Å². The van der Waals surface area contributed by atoms with Gasteiger partial charge in [0, 0.05) is 38.6 Å². The first kappa shape index (κ1) is 15.5. The molecule has 0 aromatic heterocycles. The fraction of sp³-hybridized carbons (Fsp3) is 0.611. The predicted molar refractivity (Wildman–Crippen MR) is 88.2 cm³/mol. The van der Waals surface area contributed by atoms with Crippen molar-refractivity contribution in [3.63, 3.8) is 0 Å². The Kier molecular flexibility index (Phi) is 5.11. The summed E-state index contributed by atoms with van der Waals surface area (Å²) in [6.07, 6.45) is 4.07. The molecule has 2 bridgehead atoms. The molecule has 3 heterocycles. The normalized spacial score (nSPS) is 26.0. The van der Waals surface area contributed by atoms with E-state index in [2.05, 4.69) is 40.1 Å². The van der Waals surface area contributed by atoms with Crippen molar-refractivity contribution in [2.45, 2.75) is 38.3 Å². The summed E-state index contributed by atoms with van der Waals surface area (Å²) in [6.45, 7) is 5.61. The fourth-order valence-corrected chi connectivity index (χ4v) is 3.95. The number of hydrogen-bond donors (Lipinski definition) is 1. The van der Waals surface area contributed by atoms with Gasteiger partial charge < -0.3 is 10.6 Å². The van der Waals surface area contributed by atoms with Crippen molar-refractivity contribution in [3.05, 3.63) is 35.9 Å². The number of carbonyl (C=O) groups is 1. The fourth-order valence-electron chi connectivity index (χ4n) is 3.95. The van der Waals surface area contributed by atoms with Crippen molar-refractivity contribution in [1.29, 1.82) is 0 Å². The van der Waals surface area contributed by atoms with Crippen LogP contribution in [0.2, 0.25) is 0 Å². The Morgan fingerprint density at radius 3 is 2.73 bits per heavy atom. The molecular weight excluding hydrogens is 274 g/mol. The Bertz CT molecular complexity index is 490. The van der Waals surface area contributed by atoms with Gasteiger partial charge in [-0.05, 0) is 37.3 Å². The highest BCUT2D eigenvalue weighted by molar-refractivity contribution is 5.73. The first-order valence-corrected chi connectivity index (χ1v) is 8.49. The van der Waals surface area contributed by atoms with Gasteiger partial charge in [0.15, 0.2) is 0 Å². The van der Waals surface area contributed by atoms with E-state index < -0.39 is 0 Å². The number of benzene rings is 1. The molecule has 3 fully saturated rings. The molecule has 0 saturated carbocycles. The number of rotatable bonds is 6. The van der Waals surface area contributed by atoms with Gasteiger partial charge in [-0.25, -0.2) is 0 Å². The maximum absolute atomic E-state index is 10.9. The zero-order chi connectivity index (χ0) is 15.4. The molecule has 1 aromatic rings. The number of nitrogens with zero attached hydrogens (tertiary/aromatic N) is 2. The Balaban J connectivity index is 1.57. The van der Waals surface area contributed by atoms with Crippen molar-refractivity contribution in [2.24, 2.45) is 11.7 Å². The summed E-state index contributed by atoms with van der Waals surface area (Å²) in [5.74, 6) is 0.597. The van der Waals surface area contributed by atoms with E-state index in [1.165, 1.54) is 31.5 Å². The molecule has 0 aliphatic carbocycles. The highest BCUT2D eigenvalue weighted by atomic mass is 16.1. The van der Waals surface area contributed by atoms with E-state index in [1.54, 1.807) is 0 Å². The second-order valence-electron chi connectivity index (χ2n) is 6.84. The van der Waals surface area contributed by atoms with E-state index in [1.807, 2.05) is 0 Å². The Hall–Kier alpha value is -1.39. The molecule has 22 heavy (non-hydrogen) atoms. The summed E-state index contributed by atoms with van der Waals surface area (Å²) in [5.41, 5.74) is 6.66. The summed E-state index contributed by atoms with van der Waals surface area (Å²) in [7, 11) is 0. The average Bonchev–Trinajstić information content (AvgIpc) is 2.79. The van der Waals surface area contributed by atoms with Crippen molar-refractivity contribution >= 4 is 5.91 Å². The first-order valence-electron chi connectivity index (χ1n) is 8.49. The summed E-state index contributed by atoms with van der Waals surface area (Å²) >= 11 is 0. The van der Waals surface area contributed by atoms with Crippen LogP contribution in [0, 0.1) is 5.92 Å². The summed E-state index contributed by atoms with van der Waals surface area (Å²) in [6, 6.07) is 11.4. The average molecular weight is 301 g/mol. The van der Waals surface area contributed by atoms with Crippen molar-refractivity contribution in [2.75, 3.05) is 26.2 Å². The topological polar surface area (TPSA) is 49.6 Å². The standard InChI is InChI=1S/C18H27N3O/c19-18(22)7-4-10-20-11-16-8-9-17(14-20)21(13-16)12-15-5-2-1-3-6-15/h1-3,5-6,16-17H,4,7-14H2,(H2,19,22)/t16-,17+/m1/s1. The van der Waals surface area contributed by atoms with Crippen LogP contribution >= 0.6 is 0 Å². The van der Waals surface area contributed by atoms with Gasteiger partial charge in [-0.1, -0.05) is 30.3 Å². The van der Waals surface area contributed by atoms with Crippen LogP contribution in [0.5, 0.6) is 0 Å². The molecule has 2 N–H and O–H groups in total. The highest BCUT2D eigenvalue weighted by Crippen LogP contribution is 2.29. The van der Waals surface area contributed by atoms with Gasteiger partial charge in [-0.3, -0.25) is 9.69 Å². The van der Waals surface area contributed by atoms with Gasteiger partial charge in [0.05, 0.1) is 0 Å². The second-order valence-corrected chi connectivity index (χ2v) is 6.84. The van der Waals surface area contributed by atoms with E-state index in [0.717, 1.165) is 32.0 Å². The third-order valence-corrected chi connectivity index (χ3v) is 5.03. The molecule has 0 unspecified atom stereocenters. The van der Waals surface area contributed by atoms with Crippen molar-refractivity contribution < 1.29 is 4.79 Å². The predicted octanol–water partition coefficient (Wildman–Crippen LogP) is 1.85. The van der Waals surface area contributed by atoms with Crippen LogP contribution in [0.15, 0.2) is 30.3 Å². The molecule has 1 aromatic carbocycles. The lowest BCUT2D eigenvalue weighted by Crippen LogP contribution is -2.43. The van der Waals surface area contributed by atoms with E-state index >= 15 is 0 Å². The van der Waals surface area contributed by atoms with Gasteiger partial charge >= 0.3 is 0 Å². The zero-order valence-corrected chi connectivity index (χ0v) is 13.3. The second kappa shape index (κ2) is 7.25. The number of hydrogen-bond acceptors (Lipinski definition) is 3. The minimum atomic E-state index is -0.177. The molecule has 2 atom stereocenters. The molecule has 3 aliphatic heterocycles. The summed E-state index contributed by atoms with van der Waals surface area (Å²) in [5, 5.41) is 0. The number of nitrogens with two attached hydrogens (primary N) is 1. The maximum atomic E-state index is 10.9. The van der Waals surface area contributed by atoms with Crippen LogP contribution in [-0.2, 0) is 11.3 Å². The highest BCUT2D eigenvalue weighted by Gasteiger charge is 2.34. The summed E-state index contributed by atoms with van der Waals surface area (Å²) < 4.78 is 0. The van der Waals surface area contributed by atoms with Gasteiger partial charge in [0.1, 0.15) is 0 Å². The van der Waals surface area contributed by atoms with Crippen molar-refractivity contribution in [3.8, 4) is 0 Å². The lowest BCUT2D eigenvalue weighted by molar-refractivity contribution is -0.118. The lowest BCUT2D eigenvalue weighted by atomic mass is 9.94. The first-order chi connectivity index (χ1) is 10.7. The molecule has 4 nitrogen and oxygen atoms in total. The molecule has 120 valence electrons. The minimum Gasteiger partial charge on any atom is -0.370 e. The van der Waals surface area contributed by atoms with Gasteiger partial charge in [-0.2, -0.15) is 0 Å². The monoisotopic (exact) mass is 301 g/mol. The Morgan fingerprint density at radius 2 is 1.95 bits per heavy atom. The van der Waals surface area contributed by atoms with Crippen LogP contribution < -0.4 is 5.73 Å². The molecule has 3 saturated heterocycles. The van der Waals surface area contributed by atoms with Crippen molar-refractivity contribution in [1.82, 2.24) is 9.80 Å². The smallest absolute Gasteiger partial charge is 0.217 e. The third-order valence-electron chi connectivity index (χ3n) is 5.03. The molecule has 1 amide bonds. The van der Waals surface area contributed by atoms with Gasteiger partial charge in [0.2, 0.25) is 5.91 Å². The number of fused-ring (bicyclic) bond motifs is 4. The van der Waals surface area contributed by atoms with Crippen LogP contribution in [-0.4, -0.2) is 47.9 Å². The molecule has 4 heteroatoms. The number of amides is 1. The summed E-state index contributed by atoms with van der Waals surface area (Å²) in [4.78, 5) is 16.1. The van der Waals surface area contributed by atoms with E-state index in [0.29, 0.717) is 12.5 Å². The van der Waals surface area contributed by atoms with Gasteiger partial charge in [-0.15, -0.1) is 0 Å². The Morgan fingerprint density at radius 1 is 1.14 bits per heavy atom. The number of carbonyl (C=O) groups excluding carboxylic acids is 1. The molecule has 4 rings (SSSR count). The zero-order valence-electron chi connectivity index (χ0n) is 13.3. The largest absolute Gasteiger partial charge is 0.370 e. The SMILES string of the molecule is NC(=O)CCCN1C[C@H]2CC[C@@H](C1)N(Cc1ccccc1)C2. The van der Waals surface area contributed by atoms with Gasteiger partial charge in [0.25, 0.3) is 0 Å². The van der Waals surface area contributed by atoms with Crippen LogP contribution in [0.4, 0.5) is 0 Å². The number of primary amides is 1. The third kappa shape index (κ3) is 4.08. The number of piperidine rings is 1.